The van der Waals surface area contributed by atoms with Crippen LogP contribution in [0.3, 0.4) is 0 Å². The van der Waals surface area contributed by atoms with Crippen molar-refractivity contribution in [2.45, 2.75) is 57.8 Å². The van der Waals surface area contributed by atoms with Crippen LogP contribution in [-0.2, 0) is 11.8 Å². The van der Waals surface area contributed by atoms with Crippen molar-refractivity contribution in [1.82, 2.24) is 0 Å². The molecule has 0 unspecified atom stereocenters. The highest BCUT2D eigenvalue weighted by Crippen LogP contribution is 2.37. The topological polar surface area (TPSA) is 32.6 Å². The van der Waals surface area contributed by atoms with Gasteiger partial charge in [0.05, 0.1) is 0 Å². The Bertz CT molecular complexity index is 665. The highest BCUT2D eigenvalue weighted by Gasteiger charge is 2.29. The summed E-state index contributed by atoms with van der Waals surface area (Å²) in [5.41, 5.74) is 2.64. The van der Waals surface area contributed by atoms with Gasteiger partial charge in [-0.3, -0.25) is 4.99 Å². The summed E-state index contributed by atoms with van der Waals surface area (Å²) in [6.07, 6.45) is 8.59. The van der Waals surface area contributed by atoms with Gasteiger partial charge in [0.2, 0.25) is 0 Å². The molecule has 1 N–H and O–H groups in total. The number of nitrogens with zero attached hydrogens (tertiary/aromatic N) is 1. The van der Waals surface area contributed by atoms with Gasteiger partial charge in [-0.25, -0.2) is 0 Å². The van der Waals surface area contributed by atoms with Crippen LogP contribution in [0.1, 0.15) is 57.1 Å². The van der Waals surface area contributed by atoms with Gasteiger partial charge in [0, 0.05) is 12.0 Å². The first-order valence-electron chi connectivity index (χ1n) is 10.0. The Morgan fingerprint density at radius 2 is 1.78 bits per heavy atom. The minimum atomic E-state index is 0.0744. The van der Waals surface area contributed by atoms with Crippen LogP contribution in [0.15, 0.2) is 72.7 Å². The number of phenols is 1. The molecule has 146 valence electrons. The maximum atomic E-state index is 9.90. The fourth-order valence-corrected chi connectivity index (χ4v) is 3.41. The summed E-state index contributed by atoms with van der Waals surface area (Å²) >= 11 is 0. The highest BCUT2D eigenvalue weighted by atomic mass is 16.3. The molecule has 0 aliphatic heterocycles. The van der Waals surface area contributed by atoms with Crippen LogP contribution in [0.25, 0.3) is 0 Å². The minimum absolute atomic E-state index is 0.0744. The van der Waals surface area contributed by atoms with Gasteiger partial charge < -0.3 is 5.11 Å². The third kappa shape index (κ3) is 7.42. The molecular weight excluding hydrogens is 330 g/mol. The standard InChI is InChI=1S/C23H31NO.C2H4/c1-3-5-15-23(4-2,21-12-9-13-22(25)19-21)16-18-24-17-14-20-10-7-6-8-11-20;1-2/h6-13,18-19,25H,3-5,14-17H2,1-2H3;1-2H2/t23-;/m1./s1. The Hall–Kier alpha value is -2.35. The van der Waals surface area contributed by atoms with E-state index in [1.54, 1.807) is 6.07 Å². The number of benzene rings is 2. The summed E-state index contributed by atoms with van der Waals surface area (Å²) in [7, 11) is 0. The number of hydrogen-bond acceptors (Lipinski definition) is 2. The first kappa shape index (κ1) is 22.7. The Morgan fingerprint density at radius 3 is 2.41 bits per heavy atom. The van der Waals surface area contributed by atoms with Crippen molar-refractivity contribution < 1.29 is 5.11 Å². The average Bonchev–Trinajstić information content (AvgIpc) is 2.72. The van der Waals surface area contributed by atoms with E-state index in [-0.39, 0.29) is 5.41 Å². The SMILES string of the molecule is C=C.CCCC[C@](CC)(CC=NCCc1ccccc1)c1cccc(O)c1. The smallest absolute Gasteiger partial charge is 0.115 e. The fourth-order valence-electron chi connectivity index (χ4n) is 3.41. The second-order valence-electron chi connectivity index (χ2n) is 6.82. The van der Waals surface area contributed by atoms with E-state index >= 15 is 0 Å². The van der Waals surface area contributed by atoms with E-state index in [0.717, 1.165) is 32.2 Å². The van der Waals surface area contributed by atoms with Crippen LogP contribution in [0.2, 0.25) is 0 Å². The van der Waals surface area contributed by atoms with E-state index in [4.69, 9.17) is 0 Å². The van der Waals surface area contributed by atoms with Gasteiger partial charge in [-0.15, -0.1) is 13.2 Å². The van der Waals surface area contributed by atoms with E-state index in [2.05, 4.69) is 68.5 Å². The number of phenolic OH excluding ortho intramolecular Hbond substituents is 1. The van der Waals surface area contributed by atoms with Crippen molar-refractivity contribution in [2.24, 2.45) is 4.99 Å². The van der Waals surface area contributed by atoms with Gasteiger partial charge in [0.1, 0.15) is 5.75 Å². The zero-order valence-electron chi connectivity index (χ0n) is 17.0. The molecule has 0 bridgehead atoms. The third-order valence-electron chi connectivity index (χ3n) is 5.13. The highest BCUT2D eigenvalue weighted by molar-refractivity contribution is 5.60. The maximum Gasteiger partial charge on any atom is 0.115 e. The molecule has 2 aromatic carbocycles. The summed E-state index contributed by atoms with van der Waals surface area (Å²) in [6.45, 7) is 11.3. The summed E-state index contributed by atoms with van der Waals surface area (Å²) in [6, 6.07) is 18.3. The van der Waals surface area contributed by atoms with Gasteiger partial charge >= 0.3 is 0 Å². The molecule has 1 atom stereocenters. The fraction of sp³-hybridized carbons (Fsp3) is 0.400. The largest absolute Gasteiger partial charge is 0.508 e. The Balaban J connectivity index is 0.00000176. The van der Waals surface area contributed by atoms with E-state index in [0.29, 0.717) is 5.75 Å². The van der Waals surface area contributed by atoms with Crippen LogP contribution in [0.5, 0.6) is 5.75 Å². The molecule has 0 aliphatic carbocycles. The number of rotatable bonds is 10. The molecule has 0 aliphatic rings. The van der Waals surface area contributed by atoms with Gasteiger partial charge in [-0.1, -0.05) is 69.2 Å². The van der Waals surface area contributed by atoms with Crippen molar-refractivity contribution >= 4 is 6.21 Å². The lowest BCUT2D eigenvalue weighted by Gasteiger charge is -2.32. The molecule has 2 nitrogen and oxygen atoms in total. The first-order valence-corrected chi connectivity index (χ1v) is 10.0. The summed E-state index contributed by atoms with van der Waals surface area (Å²) in [4.78, 5) is 4.67. The van der Waals surface area contributed by atoms with Crippen molar-refractivity contribution in [1.29, 1.82) is 0 Å². The Morgan fingerprint density at radius 1 is 1.04 bits per heavy atom. The predicted molar refractivity (Wildman–Crippen MR) is 119 cm³/mol. The van der Waals surface area contributed by atoms with Crippen LogP contribution < -0.4 is 0 Å². The minimum Gasteiger partial charge on any atom is -0.508 e. The zero-order chi connectivity index (χ0) is 20.0. The number of aromatic hydroxyl groups is 1. The second kappa shape index (κ2) is 12.9. The molecule has 0 fully saturated rings. The molecule has 2 heteroatoms. The molecule has 0 saturated carbocycles. The first-order chi connectivity index (χ1) is 13.2. The van der Waals surface area contributed by atoms with E-state index in [9.17, 15) is 5.11 Å². The van der Waals surface area contributed by atoms with E-state index in [1.807, 2.05) is 18.2 Å². The quantitative estimate of drug-likeness (QED) is 0.367. The van der Waals surface area contributed by atoms with Crippen LogP contribution in [-0.4, -0.2) is 17.9 Å². The second-order valence-corrected chi connectivity index (χ2v) is 6.82. The molecule has 0 saturated heterocycles. The lowest BCUT2D eigenvalue weighted by Crippen LogP contribution is -2.26. The normalized spacial score (nSPS) is 13.0. The van der Waals surface area contributed by atoms with Crippen LogP contribution >= 0.6 is 0 Å². The molecule has 0 radical (unpaired) electrons. The third-order valence-corrected chi connectivity index (χ3v) is 5.13. The Kier molecular flexibility index (Phi) is 10.9. The molecule has 27 heavy (non-hydrogen) atoms. The summed E-state index contributed by atoms with van der Waals surface area (Å²) in [5.74, 6) is 0.354. The molecule has 2 rings (SSSR count). The monoisotopic (exact) mass is 365 g/mol. The van der Waals surface area contributed by atoms with Crippen LogP contribution in [0.4, 0.5) is 0 Å². The van der Waals surface area contributed by atoms with Crippen molar-refractivity contribution in [3.05, 3.63) is 78.9 Å². The van der Waals surface area contributed by atoms with Crippen molar-refractivity contribution in [3.8, 4) is 5.75 Å². The molecule has 0 amide bonds. The predicted octanol–water partition coefficient (Wildman–Crippen LogP) is 6.74. The van der Waals surface area contributed by atoms with Crippen molar-refractivity contribution in [2.75, 3.05) is 6.54 Å². The maximum absolute atomic E-state index is 9.90. The van der Waals surface area contributed by atoms with E-state index in [1.165, 1.54) is 24.0 Å². The Labute approximate surface area is 165 Å². The molecule has 0 spiro atoms. The molecule has 0 aromatic heterocycles. The zero-order valence-corrected chi connectivity index (χ0v) is 17.0. The van der Waals surface area contributed by atoms with Crippen molar-refractivity contribution in [3.63, 3.8) is 0 Å². The summed E-state index contributed by atoms with van der Waals surface area (Å²) < 4.78 is 0. The van der Waals surface area contributed by atoms with Gasteiger partial charge in [0.25, 0.3) is 0 Å². The van der Waals surface area contributed by atoms with Gasteiger partial charge in [0.15, 0.2) is 0 Å². The molecule has 2 aromatic rings. The number of hydrogen-bond donors (Lipinski definition) is 1. The summed E-state index contributed by atoms with van der Waals surface area (Å²) in [5, 5.41) is 9.90. The molecule has 0 heterocycles. The number of unbranched alkanes of at least 4 members (excludes halogenated alkanes) is 1. The average molecular weight is 366 g/mol. The lowest BCUT2D eigenvalue weighted by atomic mass is 9.72. The molecular formula is C25H35NO. The van der Waals surface area contributed by atoms with E-state index < -0.39 is 0 Å². The van der Waals surface area contributed by atoms with Crippen LogP contribution in [0, 0.1) is 0 Å². The van der Waals surface area contributed by atoms with Gasteiger partial charge in [-0.05, 0) is 55.2 Å². The lowest BCUT2D eigenvalue weighted by molar-refractivity contribution is 0.378. The van der Waals surface area contributed by atoms with Gasteiger partial charge in [-0.2, -0.15) is 0 Å². The number of aliphatic imine (C=N–C) groups is 1.